The molecule has 0 bridgehead atoms. The van der Waals surface area contributed by atoms with Gasteiger partial charge in [0.05, 0.1) is 4.92 Å². The molecule has 0 aliphatic rings. The molecule has 0 aliphatic heterocycles. The van der Waals surface area contributed by atoms with Crippen LogP contribution in [-0.4, -0.2) is 10.7 Å². The Hall–Kier alpha value is -2.69. The Morgan fingerprint density at radius 3 is 2.43 bits per heavy atom. The average molecular weight is 285 g/mol. The summed E-state index contributed by atoms with van der Waals surface area (Å²) in [6.45, 7) is 3.45. The van der Waals surface area contributed by atoms with Gasteiger partial charge in [-0.25, -0.2) is 0 Å². The van der Waals surface area contributed by atoms with E-state index in [4.69, 9.17) is 4.74 Å². The summed E-state index contributed by atoms with van der Waals surface area (Å²) in [6.07, 6.45) is 0. The lowest BCUT2D eigenvalue weighted by atomic mass is 10.1. The highest BCUT2D eigenvalue weighted by Gasteiger charge is 2.13. The molecule has 0 aromatic heterocycles. The molecule has 0 atom stereocenters. The second-order valence-corrected chi connectivity index (χ2v) is 4.69. The van der Waals surface area contributed by atoms with Gasteiger partial charge in [-0.3, -0.25) is 14.9 Å². The second-order valence-electron chi connectivity index (χ2n) is 4.69. The predicted molar refractivity (Wildman–Crippen MR) is 78.6 cm³/mol. The summed E-state index contributed by atoms with van der Waals surface area (Å²) >= 11 is 0. The number of nitro groups is 1. The number of nitro benzene ring substituents is 1. The molecule has 108 valence electrons. The monoisotopic (exact) mass is 285 g/mol. The molecule has 0 unspecified atom stereocenters. The maximum atomic E-state index is 11.2. The largest absolute Gasteiger partial charge is 0.489 e. The SMILES string of the molecule is CC(=O)c1ccc(OCc2cccc([N+](=O)[O-])c2C)cc1. The van der Waals surface area contributed by atoms with Crippen molar-refractivity contribution in [1.29, 1.82) is 0 Å². The Kier molecular flexibility index (Phi) is 4.33. The molecule has 0 saturated carbocycles. The minimum absolute atomic E-state index is 0.00363. The first-order valence-electron chi connectivity index (χ1n) is 6.45. The number of nitrogens with zero attached hydrogens (tertiary/aromatic N) is 1. The van der Waals surface area contributed by atoms with Gasteiger partial charge in [0.1, 0.15) is 12.4 Å². The maximum Gasteiger partial charge on any atom is 0.272 e. The molecule has 5 nitrogen and oxygen atoms in total. The van der Waals surface area contributed by atoms with Crippen LogP contribution in [0.15, 0.2) is 42.5 Å². The molecule has 2 aromatic carbocycles. The van der Waals surface area contributed by atoms with Crippen LogP contribution in [0.5, 0.6) is 5.75 Å². The van der Waals surface area contributed by atoms with Gasteiger partial charge in [-0.15, -0.1) is 0 Å². The predicted octanol–water partition coefficient (Wildman–Crippen LogP) is 3.68. The molecular formula is C16H15NO4. The minimum atomic E-state index is -0.402. The lowest BCUT2D eigenvalue weighted by Gasteiger charge is -2.09. The number of hydrogen-bond donors (Lipinski definition) is 0. The summed E-state index contributed by atoms with van der Waals surface area (Å²) < 4.78 is 5.61. The van der Waals surface area contributed by atoms with Crippen molar-refractivity contribution in [2.45, 2.75) is 20.5 Å². The van der Waals surface area contributed by atoms with E-state index in [0.29, 0.717) is 16.9 Å². The molecular weight excluding hydrogens is 270 g/mol. The molecule has 0 heterocycles. The van der Waals surface area contributed by atoms with E-state index in [1.807, 2.05) is 0 Å². The topological polar surface area (TPSA) is 69.4 Å². The van der Waals surface area contributed by atoms with Gasteiger partial charge >= 0.3 is 0 Å². The van der Waals surface area contributed by atoms with Gasteiger partial charge < -0.3 is 4.74 Å². The van der Waals surface area contributed by atoms with Crippen LogP contribution in [0.2, 0.25) is 0 Å². The van der Waals surface area contributed by atoms with Gasteiger partial charge in [0.25, 0.3) is 5.69 Å². The molecule has 0 saturated heterocycles. The third-order valence-corrected chi connectivity index (χ3v) is 3.27. The zero-order chi connectivity index (χ0) is 15.4. The van der Waals surface area contributed by atoms with Gasteiger partial charge in [-0.05, 0) is 43.7 Å². The average Bonchev–Trinajstić information content (AvgIpc) is 2.46. The number of hydrogen-bond acceptors (Lipinski definition) is 4. The van der Waals surface area contributed by atoms with Crippen molar-refractivity contribution >= 4 is 11.5 Å². The third-order valence-electron chi connectivity index (χ3n) is 3.27. The van der Waals surface area contributed by atoms with Crippen molar-refractivity contribution in [1.82, 2.24) is 0 Å². The van der Waals surface area contributed by atoms with Crippen LogP contribution >= 0.6 is 0 Å². The van der Waals surface area contributed by atoms with Crippen LogP contribution in [0, 0.1) is 17.0 Å². The van der Waals surface area contributed by atoms with Crippen molar-refractivity contribution in [3.63, 3.8) is 0 Å². The quantitative estimate of drug-likeness (QED) is 0.477. The number of ketones is 1. The standard InChI is InChI=1S/C16H15NO4/c1-11-14(4-3-5-16(11)17(19)20)10-21-15-8-6-13(7-9-15)12(2)18/h3-9H,10H2,1-2H3. The molecule has 5 heteroatoms. The zero-order valence-corrected chi connectivity index (χ0v) is 11.8. The van der Waals surface area contributed by atoms with Crippen LogP contribution in [0.4, 0.5) is 5.69 Å². The fourth-order valence-corrected chi connectivity index (χ4v) is 1.97. The van der Waals surface area contributed by atoms with Gasteiger partial charge in [-0.2, -0.15) is 0 Å². The van der Waals surface area contributed by atoms with Crippen molar-refractivity contribution in [2.24, 2.45) is 0 Å². The molecule has 0 aliphatic carbocycles. The van der Waals surface area contributed by atoms with Gasteiger partial charge in [0.15, 0.2) is 5.78 Å². The molecule has 0 amide bonds. The summed E-state index contributed by atoms with van der Waals surface area (Å²) in [6, 6.07) is 11.7. The normalized spacial score (nSPS) is 10.2. The highest BCUT2D eigenvalue weighted by atomic mass is 16.6. The van der Waals surface area contributed by atoms with E-state index in [1.54, 1.807) is 43.3 Å². The molecule has 21 heavy (non-hydrogen) atoms. The fraction of sp³-hybridized carbons (Fsp3) is 0.188. The Bertz CT molecular complexity index is 677. The number of rotatable bonds is 5. The van der Waals surface area contributed by atoms with E-state index in [1.165, 1.54) is 13.0 Å². The zero-order valence-electron chi connectivity index (χ0n) is 11.8. The number of Topliss-reactive ketones (excluding diaryl/α,β-unsaturated/α-hetero) is 1. The fourth-order valence-electron chi connectivity index (χ4n) is 1.97. The summed E-state index contributed by atoms with van der Waals surface area (Å²) in [5.74, 6) is 0.613. The third kappa shape index (κ3) is 3.45. The summed E-state index contributed by atoms with van der Waals surface area (Å²) in [5.41, 5.74) is 2.07. The van der Waals surface area contributed by atoms with Crippen LogP contribution in [0.1, 0.15) is 28.4 Å². The van der Waals surface area contributed by atoms with Crippen LogP contribution in [0.3, 0.4) is 0 Å². The summed E-state index contributed by atoms with van der Waals surface area (Å²) in [4.78, 5) is 21.7. The van der Waals surface area contributed by atoms with Crippen LogP contribution in [0.25, 0.3) is 0 Å². The molecule has 2 aromatic rings. The minimum Gasteiger partial charge on any atom is -0.489 e. The lowest BCUT2D eigenvalue weighted by molar-refractivity contribution is -0.385. The van der Waals surface area contributed by atoms with E-state index < -0.39 is 4.92 Å². The van der Waals surface area contributed by atoms with E-state index in [-0.39, 0.29) is 18.1 Å². The second kappa shape index (κ2) is 6.17. The van der Waals surface area contributed by atoms with E-state index in [2.05, 4.69) is 0 Å². The molecule has 0 spiro atoms. The first-order chi connectivity index (χ1) is 9.99. The Labute approximate surface area is 122 Å². The number of carbonyl (C=O) groups excluding carboxylic acids is 1. The van der Waals surface area contributed by atoms with E-state index in [0.717, 1.165) is 5.56 Å². The molecule has 2 rings (SSSR count). The lowest BCUT2D eigenvalue weighted by Crippen LogP contribution is -2.01. The Morgan fingerprint density at radius 2 is 1.86 bits per heavy atom. The first-order valence-corrected chi connectivity index (χ1v) is 6.45. The maximum absolute atomic E-state index is 11.2. The van der Waals surface area contributed by atoms with E-state index in [9.17, 15) is 14.9 Å². The summed E-state index contributed by atoms with van der Waals surface area (Å²) in [7, 11) is 0. The van der Waals surface area contributed by atoms with Crippen LogP contribution < -0.4 is 4.74 Å². The Balaban J connectivity index is 2.11. The Morgan fingerprint density at radius 1 is 1.19 bits per heavy atom. The molecule has 0 radical (unpaired) electrons. The van der Waals surface area contributed by atoms with Crippen LogP contribution in [-0.2, 0) is 6.61 Å². The molecule has 0 fully saturated rings. The molecule has 0 N–H and O–H groups in total. The highest BCUT2D eigenvalue weighted by molar-refractivity contribution is 5.94. The number of carbonyl (C=O) groups is 1. The summed E-state index contributed by atoms with van der Waals surface area (Å²) in [5, 5.41) is 10.9. The number of benzene rings is 2. The smallest absolute Gasteiger partial charge is 0.272 e. The first kappa shape index (κ1) is 14.7. The van der Waals surface area contributed by atoms with Crippen molar-refractivity contribution < 1.29 is 14.5 Å². The van der Waals surface area contributed by atoms with Crippen molar-refractivity contribution in [2.75, 3.05) is 0 Å². The number of ether oxygens (including phenoxy) is 1. The van der Waals surface area contributed by atoms with E-state index >= 15 is 0 Å². The van der Waals surface area contributed by atoms with Crippen molar-refractivity contribution in [3.8, 4) is 5.75 Å². The van der Waals surface area contributed by atoms with Gasteiger partial charge in [0.2, 0.25) is 0 Å². The highest BCUT2D eigenvalue weighted by Crippen LogP contribution is 2.22. The van der Waals surface area contributed by atoms with Crippen molar-refractivity contribution in [3.05, 3.63) is 69.3 Å². The van der Waals surface area contributed by atoms with Gasteiger partial charge in [-0.1, -0.05) is 12.1 Å². The van der Waals surface area contributed by atoms with Gasteiger partial charge in [0, 0.05) is 17.2 Å².